The molecule has 0 radical (unpaired) electrons. The van der Waals surface area contributed by atoms with Crippen LogP contribution >= 0.6 is 0 Å². The van der Waals surface area contributed by atoms with Crippen LogP contribution in [-0.4, -0.2) is 186 Å². The van der Waals surface area contributed by atoms with Crippen molar-refractivity contribution in [2.45, 2.75) is 82.9 Å². The first-order chi connectivity index (χ1) is 57.0. The highest BCUT2D eigenvalue weighted by atomic mass is 16.8. The standard InChI is InChI=1S/C48H40O21.C37H36O13/c1-26(2)41(50)60-24-62-46(55)65-34-19-13-31(14-20-34)43(52)64-33-17-11-32(12-18-33)45(54)68-38-23-59-39-37(22-58-40(38)39)67-44(53)30-7-5-28(6-8-30)21-36(49)29-9-15-35(16-10-29)66-48(57)69-47(56)63-25-61-42(51)27(3)4;1-23(2)36(41)47-21-45-28-14-9-27(10-15-28)13-18-33(40)50-30-20-44-34-29(19-43-35(30)34)49-32(39)17-12-26-7-5-25(6-8-26)11-16-31(38)46-22-48-37(42)24(3)4/h5-20,37-40H,1,3,21-25H2,2,4H3;5-18,29-30,34-35H,1,3,19-22H2,2,4H3/b;16-11+,17-12+,18-13+/t37-,38+,39-,40-;29-,30+,34+,35+/m10/s1. The van der Waals surface area contributed by atoms with Gasteiger partial charge in [-0.1, -0.05) is 74.8 Å². The van der Waals surface area contributed by atoms with Gasteiger partial charge in [0.2, 0.25) is 27.2 Å². The molecule has 0 spiro atoms. The summed E-state index contributed by atoms with van der Waals surface area (Å²) >= 11 is 0. The van der Waals surface area contributed by atoms with Gasteiger partial charge in [-0.15, -0.1) is 0 Å². The molecule has 0 aliphatic carbocycles. The van der Waals surface area contributed by atoms with Gasteiger partial charge in [0, 0.05) is 52.5 Å². The predicted octanol–water partition coefficient (Wildman–Crippen LogP) is 10.3. The van der Waals surface area contributed by atoms with Crippen molar-refractivity contribution in [2.24, 2.45) is 0 Å². The van der Waals surface area contributed by atoms with Crippen molar-refractivity contribution in [3.63, 3.8) is 0 Å². The monoisotopic (exact) mass is 1640 g/mol. The van der Waals surface area contributed by atoms with Gasteiger partial charge in [-0.25, -0.2) is 62.3 Å². The number of carbonyl (C=O) groups is 14. The second-order valence-electron chi connectivity index (χ2n) is 25.8. The van der Waals surface area contributed by atoms with Crippen LogP contribution in [0.15, 0.2) is 212 Å². The lowest BCUT2D eigenvalue weighted by Gasteiger charge is -2.17. The molecule has 4 aliphatic rings. The van der Waals surface area contributed by atoms with E-state index in [0.29, 0.717) is 28.0 Å². The van der Waals surface area contributed by atoms with Gasteiger partial charge >= 0.3 is 78.2 Å². The van der Waals surface area contributed by atoms with Crippen LogP contribution in [0, 0.1) is 0 Å². The van der Waals surface area contributed by atoms with E-state index in [-0.39, 0.29) is 107 Å². The van der Waals surface area contributed by atoms with Crippen LogP contribution in [0.5, 0.6) is 23.0 Å². The van der Waals surface area contributed by atoms with Crippen molar-refractivity contribution in [2.75, 3.05) is 53.6 Å². The molecule has 4 saturated heterocycles. The molecule has 0 aromatic heterocycles. The second-order valence-corrected chi connectivity index (χ2v) is 25.8. The SMILES string of the molecule is C=C(C)C(=O)OCOC(=O)/C=C/c1ccc(/C=C/C(=O)O[C@H]2CO[C@H]3[C@@H]2OC[C@H]3OC(=O)/C=C/c2ccc(OCOC(=O)C(=C)C)cc2)cc1.C=C(C)C(=O)OCOC(=O)OC(=O)Oc1ccc(C(=O)Cc2ccc(C(=O)O[C@@H]3CO[C@H]4[C@@H]3OC[C@@H]4OC(=O)c3ccc(OC(=O)c4ccc(OC(=O)OCOC(=O)C(=C)C)cc4)cc3)cc2)cc1. The molecule has 4 fully saturated rings. The van der Waals surface area contributed by atoms with Gasteiger partial charge in [-0.3, -0.25) is 4.79 Å². The Bertz CT molecular complexity index is 4880. The number of ketones is 1. The normalized spacial score (nSPS) is 17.8. The molecule has 119 heavy (non-hydrogen) atoms. The summed E-state index contributed by atoms with van der Waals surface area (Å²) in [6, 6.07) is 36.1. The fraction of sp³-hybridized carbons (Fsp3) is 0.247. The van der Waals surface area contributed by atoms with Crippen LogP contribution in [-0.2, 0) is 116 Å². The zero-order chi connectivity index (χ0) is 85.7. The zero-order valence-corrected chi connectivity index (χ0v) is 64.0. The Kier molecular flexibility index (Phi) is 32.2. The van der Waals surface area contributed by atoms with E-state index in [1.165, 1.54) is 137 Å². The van der Waals surface area contributed by atoms with E-state index in [1.807, 2.05) is 0 Å². The number of benzene rings is 6. The summed E-state index contributed by atoms with van der Waals surface area (Å²) in [6.45, 7) is 17.4. The first-order valence-electron chi connectivity index (χ1n) is 35.7. The van der Waals surface area contributed by atoms with Crippen LogP contribution in [0.4, 0.5) is 14.4 Å². The van der Waals surface area contributed by atoms with Crippen LogP contribution < -0.4 is 18.9 Å². The molecule has 6 aromatic rings. The number of hydrogen-bond donors (Lipinski definition) is 0. The number of esters is 10. The Labute approximate surface area is 677 Å². The number of hydrogen-bond acceptors (Lipinski definition) is 34. The molecule has 34 nitrogen and oxygen atoms in total. The Hall–Kier alpha value is -14.5. The van der Waals surface area contributed by atoms with E-state index in [0.717, 1.165) is 0 Å². The second kappa shape index (κ2) is 43.3. The van der Waals surface area contributed by atoms with Crippen LogP contribution in [0.1, 0.15) is 91.4 Å². The summed E-state index contributed by atoms with van der Waals surface area (Å²) in [7, 11) is 0. The lowest BCUT2D eigenvalue weighted by atomic mass is 10.0. The number of rotatable bonds is 32. The highest BCUT2D eigenvalue weighted by molar-refractivity contribution is 5.98. The Morgan fingerprint density at radius 1 is 0.328 bits per heavy atom. The van der Waals surface area contributed by atoms with E-state index in [2.05, 4.69) is 50.0 Å². The summed E-state index contributed by atoms with van der Waals surface area (Å²) in [4.78, 5) is 169. The molecule has 6 aromatic carbocycles. The molecular weight excluding hydrogens is 1560 g/mol. The van der Waals surface area contributed by atoms with Gasteiger partial charge in [0.1, 0.15) is 47.4 Å². The maximum atomic E-state index is 13.1. The van der Waals surface area contributed by atoms with Gasteiger partial charge < -0.3 is 94.7 Å². The third-order valence-corrected chi connectivity index (χ3v) is 16.7. The van der Waals surface area contributed by atoms with Crippen molar-refractivity contribution >= 4 is 102 Å². The van der Waals surface area contributed by atoms with Gasteiger partial charge in [-0.2, -0.15) is 0 Å². The predicted molar refractivity (Wildman–Crippen MR) is 406 cm³/mol. The van der Waals surface area contributed by atoms with E-state index in [9.17, 15) is 67.1 Å². The van der Waals surface area contributed by atoms with Crippen molar-refractivity contribution in [3.05, 3.63) is 257 Å². The van der Waals surface area contributed by atoms with Crippen molar-refractivity contribution < 1.29 is 162 Å². The Balaban J connectivity index is 0.000000286. The molecule has 34 heteroatoms. The molecule has 4 heterocycles. The molecule has 4 aliphatic heterocycles. The largest absolute Gasteiger partial charge is 0.524 e. The fourth-order valence-corrected chi connectivity index (χ4v) is 10.6. The third kappa shape index (κ3) is 27.6. The third-order valence-electron chi connectivity index (χ3n) is 16.7. The zero-order valence-electron chi connectivity index (χ0n) is 64.0. The maximum absolute atomic E-state index is 13.1. The summed E-state index contributed by atoms with van der Waals surface area (Å²) in [5.74, 6) is -6.49. The van der Waals surface area contributed by atoms with E-state index in [4.69, 9.17) is 71.1 Å². The number of carbonyl (C=O) groups excluding carboxylic acids is 14. The van der Waals surface area contributed by atoms with Crippen molar-refractivity contribution in [1.29, 1.82) is 0 Å². The molecular formula is C85H76O34. The average Bonchev–Trinajstić information content (AvgIpc) is 1.65. The number of Topliss-reactive ketones (excluding diaryl/α,β-unsaturated/α-hetero) is 1. The van der Waals surface area contributed by atoms with Gasteiger partial charge in [-0.05, 0) is 165 Å². The molecule has 0 N–H and O–H groups in total. The minimum Gasteiger partial charge on any atom is -0.457 e. The van der Waals surface area contributed by atoms with E-state index < -0.39 is 147 Å². The highest BCUT2D eigenvalue weighted by Gasteiger charge is 2.52. The summed E-state index contributed by atoms with van der Waals surface area (Å²) in [5, 5.41) is 0. The van der Waals surface area contributed by atoms with Gasteiger partial charge in [0.25, 0.3) is 0 Å². The molecule has 8 atom stereocenters. The van der Waals surface area contributed by atoms with Gasteiger partial charge in [0.15, 0.2) is 30.2 Å². The molecule has 0 bridgehead atoms. The molecule has 0 amide bonds. The number of fused-ring (bicyclic) bond motifs is 2. The number of ether oxygens (including phenoxy) is 20. The van der Waals surface area contributed by atoms with E-state index in [1.54, 1.807) is 72.8 Å². The quantitative estimate of drug-likeness (QED) is 0.00553. The van der Waals surface area contributed by atoms with Crippen LogP contribution in [0.25, 0.3) is 18.2 Å². The molecule has 10 rings (SSSR count). The molecule has 0 saturated carbocycles. The molecule has 620 valence electrons. The first kappa shape index (κ1) is 88.5. The van der Waals surface area contributed by atoms with Gasteiger partial charge in [0.05, 0.1) is 43.1 Å². The lowest BCUT2D eigenvalue weighted by molar-refractivity contribution is -0.161. The van der Waals surface area contributed by atoms with E-state index >= 15 is 0 Å². The topological polar surface area (TPSA) is 424 Å². The summed E-state index contributed by atoms with van der Waals surface area (Å²) < 4.78 is 103. The lowest BCUT2D eigenvalue weighted by Crippen LogP contribution is -2.36. The fourth-order valence-electron chi connectivity index (χ4n) is 10.6. The Morgan fingerprint density at radius 3 is 1.06 bits per heavy atom. The summed E-state index contributed by atoms with van der Waals surface area (Å²) in [5.41, 5.74) is 4.06. The van der Waals surface area contributed by atoms with Crippen LogP contribution in [0.2, 0.25) is 0 Å². The average molecular weight is 1640 g/mol. The Morgan fingerprint density at radius 2 is 0.647 bits per heavy atom. The van der Waals surface area contributed by atoms with Crippen molar-refractivity contribution in [3.8, 4) is 23.0 Å². The smallest absolute Gasteiger partial charge is 0.457 e. The summed E-state index contributed by atoms with van der Waals surface area (Å²) in [6.07, 6.45) is -1.30. The maximum Gasteiger partial charge on any atom is 0.524 e. The van der Waals surface area contributed by atoms with Crippen LogP contribution in [0.3, 0.4) is 0 Å². The minimum absolute atomic E-state index is 0.0226. The minimum atomic E-state index is -1.48. The molecule has 0 unspecified atom stereocenters. The first-order valence-corrected chi connectivity index (χ1v) is 35.7. The highest BCUT2D eigenvalue weighted by Crippen LogP contribution is 2.34. The van der Waals surface area contributed by atoms with Crippen molar-refractivity contribution in [1.82, 2.24) is 0 Å².